The molecule has 6 nitrogen and oxygen atoms in total. The number of carbonyl (C=O) groups excluding carboxylic acids is 1. The van der Waals surface area contributed by atoms with Gasteiger partial charge in [-0.1, -0.05) is 11.8 Å². The van der Waals surface area contributed by atoms with Gasteiger partial charge in [0.1, 0.15) is 17.5 Å². The van der Waals surface area contributed by atoms with E-state index in [2.05, 4.69) is 4.90 Å². The van der Waals surface area contributed by atoms with Crippen molar-refractivity contribution in [3.63, 3.8) is 0 Å². The fourth-order valence-corrected chi connectivity index (χ4v) is 5.40. The highest BCUT2D eigenvalue weighted by Gasteiger charge is 2.48. The minimum Gasteiger partial charge on any atom is -0.497 e. The highest BCUT2D eigenvalue weighted by atomic mass is 32.2. The number of hydrogen-bond donors (Lipinski definition) is 0. The van der Waals surface area contributed by atoms with Gasteiger partial charge in [-0.2, -0.15) is 0 Å². The molecule has 6 rings (SSSR count). The zero-order valence-corrected chi connectivity index (χ0v) is 15.7. The van der Waals surface area contributed by atoms with Gasteiger partial charge in [0.15, 0.2) is 5.17 Å². The molecule has 0 aromatic heterocycles. The normalized spacial score (nSPS) is 24.6. The van der Waals surface area contributed by atoms with Crippen LogP contribution in [0.4, 0.5) is 0 Å². The standard InChI is InChI=1S/C19H21N3O3S/c1-24-12-3-4-14(25-2)13(9-12)17-18-16(11-5-7-21(18)8-6-11)20-19-22(17)15(23)10-26-19/h3-4,9,11,17H,5-8,10H2,1-2H3. The van der Waals surface area contributed by atoms with Crippen LogP contribution >= 0.6 is 11.8 Å². The van der Waals surface area contributed by atoms with Crippen molar-refractivity contribution in [3.05, 3.63) is 35.2 Å². The van der Waals surface area contributed by atoms with Crippen LogP contribution in [0.2, 0.25) is 0 Å². The highest BCUT2D eigenvalue weighted by molar-refractivity contribution is 8.15. The van der Waals surface area contributed by atoms with E-state index in [0.717, 1.165) is 48.2 Å². The van der Waals surface area contributed by atoms with E-state index < -0.39 is 0 Å². The van der Waals surface area contributed by atoms with Crippen molar-refractivity contribution in [3.8, 4) is 11.5 Å². The third-order valence-corrected chi connectivity index (χ3v) is 6.69. The molecule has 0 N–H and O–H groups in total. The molecule has 1 aromatic rings. The van der Waals surface area contributed by atoms with Gasteiger partial charge in [0, 0.05) is 24.6 Å². The van der Waals surface area contributed by atoms with E-state index in [-0.39, 0.29) is 11.9 Å². The lowest BCUT2D eigenvalue weighted by atomic mass is 9.82. The highest BCUT2D eigenvalue weighted by Crippen LogP contribution is 2.51. The second kappa shape index (κ2) is 5.94. The van der Waals surface area contributed by atoms with E-state index in [1.54, 1.807) is 26.0 Å². The SMILES string of the molecule is COc1ccc(OC)c(C2C3=C(N=C4SCC(=O)N42)C2CCN3CC2)c1. The fraction of sp³-hybridized carbons (Fsp3) is 0.474. The minimum absolute atomic E-state index is 0.109. The molecule has 5 aliphatic rings. The summed E-state index contributed by atoms with van der Waals surface area (Å²) < 4.78 is 11.1. The Labute approximate surface area is 156 Å². The molecule has 26 heavy (non-hydrogen) atoms. The number of amidine groups is 1. The van der Waals surface area contributed by atoms with Gasteiger partial charge in [-0.15, -0.1) is 0 Å². The van der Waals surface area contributed by atoms with Crippen LogP contribution in [0.15, 0.2) is 34.6 Å². The molecule has 0 aliphatic carbocycles. The molecule has 0 saturated carbocycles. The zero-order valence-electron chi connectivity index (χ0n) is 14.9. The second-order valence-corrected chi connectivity index (χ2v) is 7.93. The van der Waals surface area contributed by atoms with Crippen LogP contribution in [0.3, 0.4) is 0 Å². The maximum absolute atomic E-state index is 12.7. The number of nitrogens with zero attached hydrogens (tertiary/aromatic N) is 3. The smallest absolute Gasteiger partial charge is 0.239 e. The van der Waals surface area contributed by atoms with Crippen molar-refractivity contribution in [1.82, 2.24) is 9.80 Å². The zero-order chi connectivity index (χ0) is 17.8. The Morgan fingerprint density at radius 2 is 2.00 bits per heavy atom. The van der Waals surface area contributed by atoms with Crippen LogP contribution in [-0.4, -0.2) is 53.9 Å². The van der Waals surface area contributed by atoms with Gasteiger partial charge in [0.2, 0.25) is 5.91 Å². The molecule has 0 radical (unpaired) electrons. The monoisotopic (exact) mass is 371 g/mol. The van der Waals surface area contributed by atoms with Crippen molar-refractivity contribution in [2.24, 2.45) is 10.9 Å². The van der Waals surface area contributed by atoms with Gasteiger partial charge >= 0.3 is 0 Å². The summed E-state index contributed by atoms with van der Waals surface area (Å²) in [5.74, 6) is 2.60. The lowest BCUT2D eigenvalue weighted by molar-refractivity contribution is -0.125. The van der Waals surface area contributed by atoms with E-state index >= 15 is 0 Å². The Morgan fingerprint density at radius 1 is 1.19 bits per heavy atom. The van der Waals surface area contributed by atoms with E-state index in [9.17, 15) is 4.79 Å². The number of carbonyl (C=O) groups is 1. The van der Waals surface area contributed by atoms with E-state index in [1.165, 1.54) is 11.4 Å². The van der Waals surface area contributed by atoms with Crippen LogP contribution in [0.1, 0.15) is 24.4 Å². The average Bonchev–Trinajstić information content (AvgIpc) is 3.07. The van der Waals surface area contributed by atoms with Crippen LogP contribution < -0.4 is 9.47 Å². The van der Waals surface area contributed by atoms with E-state index in [1.807, 2.05) is 23.1 Å². The maximum Gasteiger partial charge on any atom is 0.239 e. The summed E-state index contributed by atoms with van der Waals surface area (Å²) in [7, 11) is 3.33. The molecule has 1 aromatic carbocycles. The Bertz CT molecular complexity index is 842. The molecule has 1 unspecified atom stereocenters. The van der Waals surface area contributed by atoms with Crippen molar-refractivity contribution in [1.29, 1.82) is 0 Å². The van der Waals surface area contributed by atoms with Crippen molar-refractivity contribution in [2.45, 2.75) is 18.9 Å². The number of ether oxygens (including phenoxy) is 2. The molecule has 1 atom stereocenters. The van der Waals surface area contributed by atoms with Crippen LogP contribution in [0, 0.1) is 5.92 Å². The third kappa shape index (κ3) is 2.19. The second-order valence-electron chi connectivity index (χ2n) is 6.99. The van der Waals surface area contributed by atoms with Gasteiger partial charge in [-0.05, 0) is 31.0 Å². The number of piperidine rings is 1. The summed E-state index contributed by atoms with van der Waals surface area (Å²) in [6.45, 7) is 2.07. The summed E-state index contributed by atoms with van der Waals surface area (Å²) in [4.78, 5) is 21.9. The molecular formula is C19H21N3O3S. The summed E-state index contributed by atoms with van der Waals surface area (Å²) in [5, 5.41) is 0.831. The molecule has 5 heterocycles. The van der Waals surface area contributed by atoms with Gasteiger partial charge in [0.05, 0.1) is 31.4 Å². The topological polar surface area (TPSA) is 54.4 Å². The Balaban J connectivity index is 1.73. The molecule has 1 amide bonds. The summed E-state index contributed by atoms with van der Waals surface area (Å²) >= 11 is 1.54. The summed E-state index contributed by atoms with van der Waals surface area (Å²) in [6.07, 6.45) is 2.30. The third-order valence-electron chi connectivity index (χ3n) is 5.75. The summed E-state index contributed by atoms with van der Waals surface area (Å²) in [6, 6.07) is 5.62. The molecule has 2 saturated heterocycles. The molecular weight excluding hydrogens is 350 g/mol. The fourth-order valence-electron chi connectivity index (χ4n) is 4.50. The van der Waals surface area contributed by atoms with Gasteiger partial charge in [0.25, 0.3) is 0 Å². The molecule has 0 spiro atoms. The number of allylic oxidation sites excluding steroid dienone is 1. The number of thioether (sulfide) groups is 1. The maximum atomic E-state index is 12.7. The number of fused-ring (bicyclic) bond motifs is 3. The predicted molar refractivity (Wildman–Crippen MR) is 100 cm³/mol. The van der Waals surface area contributed by atoms with E-state index in [4.69, 9.17) is 14.5 Å². The number of amides is 1. The van der Waals surface area contributed by atoms with Crippen LogP contribution in [0.5, 0.6) is 11.5 Å². The van der Waals surface area contributed by atoms with Gasteiger partial charge in [-0.25, -0.2) is 4.99 Å². The Kier molecular flexibility index (Phi) is 3.67. The van der Waals surface area contributed by atoms with Gasteiger partial charge < -0.3 is 14.4 Å². The van der Waals surface area contributed by atoms with Crippen molar-refractivity contribution in [2.75, 3.05) is 33.1 Å². The van der Waals surface area contributed by atoms with Gasteiger partial charge in [-0.3, -0.25) is 9.69 Å². The summed E-state index contributed by atoms with van der Waals surface area (Å²) in [5.41, 5.74) is 3.32. The number of benzene rings is 1. The van der Waals surface area contributed by atoms with Crippen molar-refractivity contribution < 1.29 is 14.3 Å². The number of aliphatic imine (C=N–C) groups is 1. The molecule has 5 aliphatic heterocycles. The first-order chi connectivity index (χ1) is 12.7. The lowest BCUT2D eigenvalue weighted by Gasteiger charge is -2.49. The quantitative estimate of drug-likeness (QED) is 0.818. The molecule has 2 bridgehead atoms. The van der Waals surface area contributed by atoms with Crippen molar-refractivity contribution >= 4 is 22.8 Å². The lowest BCUT2D eigenvalue weighted by Crippen LogP contribution is -2.49. The average molecular weight is 371 g/mol. The minimum atomic E-state index is -0.187. The molecule has 7 heteroatoms. The number of methoxy groups -OCH3 is 2. The number of hydrogen-bond acceptors (Lipinski definition) is 6. The Morgan fingerprint density at radius 3 is 2.73 bits per heavy atom. The van der Waals surface area contributed by atoms with Crippen LogP contribution in [0.25, 0.3) is 0 Å². The molecule has 2 fully saturated rings. The first-order valence-electron chi connectivity index (χ1n) is 8.95. The predicted octanol–water partition coefficient (Wildman–Crippen LogP) is 2.63. The largest absolute Gasteiger partial charge is 0.497 e. The van der Waals surface area contributed by atoms with E-state index in [0.29, 0.717) is 11.7 Å². The van der Waals surface area contributed by atoms with Crippen LogP contribution in [-0.2, 0) is 4.79 Å². The Hall–Kier alpha value is -2.15. The number of rotatable bonds is 3. The first-order valence-corrected chi connectivity index (χ1v) is 9.94. The first kappa shape index (κ1) is 16.1. The molecule has 136 valence electrons.